The molecule has 20 heavy (non-hydrogen) atoms. The van der Waals surface area contributed by atoms with Gasteiger partial charge in [0.05, 0.1) is 6.04 Å². The zero-order valence-corrected chi connectivity index (χ0v) is 11.4. The van der Waals surface area contributed by atoms with E-state index < -0.39 is 18.0 Å². The highest BCUT2D eigenvalue weighted by molar-refractivity contribution is 5.94. The third-order valence-corrected chi connectivity index (χ3v) is 2.74. The molecule has 110 valence electrons. The van der Waals surface area contributed by atoms with Gasteiger partial charge in [-0.25, -0.2) is 4.79 Å². The zero-order chi connectivity index (χ0) is 14.8. The van der Waals surface area contributed by atoms with Gasteiger partial charge in [-0.1, -0.05) is 36.8 Å². The van der Waals surface area contributed by atoms with E-state index in [4.69, 9.17) is 16.2 Å². The molecule has 0 bridgehead atoms. The zero-order valence-electron chi connectivity index (χ0n) is 11.4. The van der Waals surface area contributed by atoms with Gasteiger partial charge >= 0.3 is 6.09 Å². The first-order valence-corrected chi connectivity index (χ1v) is 6.60. The van der Waals surface area contributed by atoms with Crippen molar-refractivity contribution in [3.8, 4) is 0 Å². The van der Waals surface area contributed by atoms with E-state index in [0.717, 1.165) is 18.4 Å². The van der Waals surface area contributed by atoms with E-state index in [2.05, 4.69) is 5.32 Å². The summed E-state index contributed by atoms with van der Waals surface area (Å²) in [6, 6.07) is 8.49. The lowest BCUT2D eigenvalue weighted by Crippen LogP contribution is -2.43. The summed E-state index contributed by atoms with van der Waals surface area (Å²) in [6.45, 7) is 0.676. The Bertz CT molecular complexity index is 423. The van der Waals surface area contributed by atoms with Gasteiger partial charge in [-0.3, -0.25) is 10.1 Å². The maximum Gasteiger partial charge on any atom is 0.414 e. The number of hydrogen-bond acceptors (Lipinski definition) is 5. The summed E-state index contributed by atoms with van der Waals surface area (Å²) in [6.07, 6.45) is 1.27. The third kappa shape index (κ3) is 6.31. The van der Waals surface area contributed by atoms with Crippen LogP contribution < -0.4 is 16.8 Å². The number of nitrogens with one attached hydrogen (secondary N) is 1. The quantitative estimate of drug-likeness (QED) is 0.643. The van der Waals surface area contributed by atoms with Crippen LogP contribution in [0, 0.1) is 0 Å². The normalized spacial score (nSPS) is 11.7. The number of carbonyl (C=O) groups excluding carboxylic acids is 2. The van der Waals surface area contributed by atoms with Gasteiger partial charge in [0.15, 0.2) is 0 Å². The minimum Gasteiger partial charge on any atom is -0.444 e. The highest BCUT2D eigenvalue weighted by Crippen LogP contribution is 2.01. The van der Waals surface area contributed by atoms with Crippen LogP contribution in [0.1, 0.15) is 24.8 Å². The molecule has 0 radical (unpaired) electrons. The van der Waals surface area contributed by atoms with E-state index in [0.29, 0.717) is 13.0 Å². The van der Waals surface area contributed by atoms with Crippen molar-refractivity contribution in [3.05, 3.63) is 35.9 Å². The molecule has 0 saturated carbocycles. The third-order valence-electron chi connectivity index (χ3n) is 2.74. The second-order valence-electron chi connectivity index (χ2n) is 4.44. The van der Waals surface area contributed by atoms with Crippen LogP contribution in [-0.2, 0) is 16.1 Å². The number of nitrogens with two attached hydrogens (primary N) is 2. The number of amides is 2. The molecule has 0 aliphatic carbocycles. The summed E-state index contributed by atoms with van der Waals surface area (Å²) in [5.41, 5.74) is 11.9. The predicted octanol–water partition coefficient (Wildman–Crippen LogP) is 0.896. The summed E-state index contributed by atoms with van der Waals surface area (Å²) in [5, 5.41) is 2.12. The van der Waals surface area contributed by atoms with Crippen LogP contribution in [0.15, 0.2) is 30.3 Å². The molecule has 0 saturated heterocycles. The van der Waals surface area contributed by atoms with Crippen molar-refractivity contribution in [1.29, 1.82) is 0 Å². The van der Waals surface area contributed by atoms with Gasteiger partial charge in [-0.2, -0.15) is 0 Å². The van der Waals surface area contributed by atoms with E-state index in [1.54, 1.807) is 0 Å². The smallest absolute Gasteiger partial charge is 0.414 e. The number of hydrogen-bond donors (Lipinski definition) is 3. The van der Waals surface area contributed by atoms with Gasteiger partial charge < -0.3 is 16.2 Å². The van der Waals surface area contributed by atoms with Gasteiger partial charge in [0.2, 0.25) is 5.91 Å². The molecule has 1 rings (SSSR count). The Labute approximate surface area is 118 Å². The van der Waals surface area contributed by atoms with E-state index in [1.807, 2.05) is 30.3 Å². The largest absolute Gasteiger partial charge is 0.444 e. The molecule has 0 aromatic heterocycles. The number of ether oxygens (including phenoxy) is 1. The molecule has 5 N–H and O–H groups in total. The predicted molar refractivity (Wildman–Crippen MR) is 75.7 cm³/mol. The van der Waals surface area contributed by atoms with Crippen LogP contribution >= 0.6 is 0 Å². The first kappa shape index (κ1) is 16.1. The van der Waals surface area contributed by atoms with Gasteiger partial charge in [0.1, 0.15) is 6.61 Å². The maximum atomic E-state index is 11.6. The Hall–Kier alpha value is -1.92. The number of benzene rings is 1. The summed E-state index contributed by atoms with van der Waals surface area (Å²) in [5.74, 6) is -0.528. The van der Waals surface area contributed by atoms with Crippen molar-refractivity contribution in [3.63, 3.8) is 0 Å². The fraction of sp³-hybridized carbons (Fsp3) is 0.429. The average molecular weight is 279 g/mol. The van der Waals surface area contributed by atoms with E-state index in [-0.39, 0.29) is 6.61 Å². The topological polar surface area (TPSA) is 107 Å². The molecular weight excluding hydrogens is 258 g/mol. The summed E-state index contributed by atoms with van der Waals surface area (Å²) in [4.78, 5) is 23.0. The molecule has 0 fully saturated rings. The molecule has 6 nitrogen and oxygen atoms in total. The fourth-order valence-electron chi connectivity index (χ4n) is 1.59. The summed E-state index contributed by atoms with van der Waals surface area (Å²) in [7, 11) is 0. The SMILES string of the molecule is NCCCC[C@H](N)C(=O)NC(=O)OCc1ccccc1. The summed E-state index contributed by atoms with van der Waals surface area (Å²) >= 11 is 0. The number of rotatable bonds is 7. The molecule has 0 aliphatic heterocycles. The van der Waals surface area contributed by atoms with Gasteiger partial charge in [-0.15, -0.1) is 0 Å². The lowest BCUT2D eigenvalue weighted by molar-refractivity contribution is -0.121. The average Bonchev–Trinajstić information content (AvgIpc) is 2.46. The van der Waals surface area contributed by atoms with Crippen molar-refractivity contribution in [2.75, 3.05) is 6.54 Å². The molecule has 1 aromatic rings. The number of carbonyl (C=O) groups is 2. The Morgan fingerprint density at radius 3 is 2.55 bits per heavy atom. The summed E-state index contributed by atoms with van der Waals surface area (Å²) < 4.78 is 4.93. The molecule has 0 spiro atoms. The van der Waals surface area contributed by atoms with Crippen LogP contribution in [0.25, 0.3) is 0 Å². The monoisotopic (exact) mass is 279 g/mol. The highest BCUT2D eigenvalue weighted by atomic mass is 16.5. The van der Waals surface area contributed by atoms with Gasteiger partial charge in [0.25, 0.3) is 0 Å². The lowest BCUT2D eigenvalue weighted by atomic mass is 10.1. The van der Waals surface area contributed by atoms with Crippen LogP contribution in [-0.4, -0.2) is 24.6 Å². The van der Waals surface area contributed by atoms with Crippen LogP contribution in [0.5, 0.6) is 0 Å². The van der Waals surface area contributed by atoms with Crippen LogP contribution in [0.4, 0.5) is 4.79 Å². The Kier molecular flexibility index (Phi) is 7.31. The van der Waals surface area contributed by atoms with E-state index in [9.17, 15) is 9.59 Å². The van der Waals surface area contributed by atoms with Crippen molar-refractivity contribution in [2.24, 2.45) is 11.5 Å². The first-order valence-electron chi connectivity index (χ1n) is 6.60. The van der Waals surface area contributed by atoms with Crippen LogP contribution in [0.2, 0.25) is 0 Å². The molecule has 0 unspecified atom stereocenters. The first-order chi connectivity index (χ1) is 9.63. The van der Waals surface area contributed by atoms with Crippen molar-refractivity contribution in [2.45, 2.75) is 31.9 Å². The molecule has 0 heterocycles. The highest BCUT2D eigenvalue weighted by Gasteiger charge is 2.16. The van der Waals surface area contributed by atoms with Crippen molar-refractivity contribution in [1.82, 2.24) is 5.32 Å². The van der Waals surface area contributed by atoms with Crippen molar-refractivity contribution < 1.29 is 14.3 Å². The minimum atomic E-state index is -0.784. The second-order valence-corrected chi connectivity index (χ2v) is 4.44. The van der Waals surface area contributed by atoms with Crippen LogP contribution in [0.3, 0.4) is 0 Å². The number of imide groups is 1. The lowest BCUT2D eigenvalue weighted by Gasteiger charge is -2.11. The minimum absolute atomic E-state index is 0.113. The molecule has 1 aromatic carbocycles. The standard InChI is InChI=1S/C14H21N3O3/c15-9-5-4-8-12(16)13(18)17-14(19)20-10-11-6-2-1-3-7-11/h1-3,6-7,12H,4-5,8-10,15-16H2,(H,17,18,19)/t12-/m0/s1. The Morgan fingerprint density at radius 1 is 1.20 bits per heavy atom. The van der Waals surface area contributed by atoms with E-state index in [1.165, 1.54) is 0 Å². The Morgan fingerprint density at radius 2 is 1.90 bits per heavy atom. The van der Waals surface area contributed by atoms with Crippen molar-refractivity contribution >= 4 is 12.0 Å². The fourth-order valence-corrected chi connectivity index (χ4v) is 1.59. The van der Waals surface area contributed by atoms with E-state index >= 15 is 0 Å². The molecular formula is C14H21N3O3. The molecule has 2 amide bonds. The second kappa shape index (κ2) is 9.06. The number of unbranched alkanes of at least 4 members (excludes halogenated alkanes) is 1. The molecule has 1 atom stereocenters. The van der Waals surface area contributed by atoms with Gasteiger partial charge in [-0.05, 0) is 24.9 Å². The number of alkyl carbamates (subject to hydrolysis) is 1. The van der Waals surface area contributed by atoms with Gasteiger partial charge in [0, 0.05) is 0 Å². The maximum absolute atomic E-state index is 11.6. The Balaban J connectivity index is 2.25. The molecule has 6 heteroatoms. The molecule has 0 aliphatic rings.